The average molecular weight is 401 g/mol. The lowest BCUT2D eigenvalue weighted by atomic mass is 9.60. The molecule has 0 fully saturated rings. The summed E-state index contributed by atoms with van der Waals surface area (Å²) in [4.78, 5) is 36.1. The predicted molar refractivity (Wildman–Crippen MR) is 109 cm³/mol. The fraction of sp³-hybridized carbons (Fsp3) is 0.864. The van der Waals surface area contributed by atoms with E-state index in [0.717, 1.165) is 44.9 Å². The molecule has 0 saturated carbocycles. The highest BCUT2D eigenvalue weighted by Gasteiger charge is 2.55. The zero-order valence-electron chi connectivity index (χ0n) is 18.5. The van der Waals surface area contributed by atoms with E-state index >= 15 is 0 Å². The minimum atomic E-state index is -0.980. The molecule has 6 heteroatoms. The van der Waals surface area contributed by atoms with E-state index in [4.69, 9.17) is 14.6 Å². The lowest BCUT2D eigenvalue weighted by molar-refractivity contribution is -0.177. The van der Waals surface area contributed by atoms with Crippen LogP contribution >= 0.6 is 0 Å². The van der Waals surface area contributed by atoms with Gasteiger partial charge in [-0.2, -0.15) is 0 Å². The third-order valence-corrected chi connectivity index (χ3v) is 6.09. The first-order chi connectivity index (χ1) is 13.2. The molecule has 0 aliphatic rings. The fourth-order valence-corrected chi connectivity index (χ4v) is 3.85. The van der Waals surface area contributed by atoms with E-state index in [1.54, 1.807) is 6.92 Å². The van der Waals surface area contributed by atoms with Crippen LogP contribution in [0.25, 0.3) is 0 Å². The van der Waals surface area contributed by atoms with E-state index in [-0.39, 0.29) is 18.4 Å². The summed E-state index contributed by atoms with van der Waals surface area (Å²) in [5, 5.41) is 8.72. The van der Waals surface area contributed by atoms with Gasteiger partial charge in [-0.25, -0.2) is 0 Å². The van der Waals surface area contributed by atoms with Crippen LogP contribution in [-0.4, -0.2) is 37.2 Å². The highest BCUT2D eigenvalue weighted by molar-refractivity contribution is 5.87. The first-order valence-corrected chi connectivity index (χ1v) is 10.6. The molecule has 2 unspecified atom stereocenters. The first-order valence-electron chi connectivity index (χ1n) is 10.6. The van der Waals surface area contributed by atoms with Crippen molar-refractivity contribution in [1.82, 2.24) is 0 Å². The molecule has 1 N–H and O–H groups in total. The largest absolute Gasteiger partial charge is 0.481 e. The normalized spacial score (nSPS) is 15.3. The SMILES string of the molecule is CCCCCCCC(C)(C(=O)OC)C(C)(CCCCCCC(=O)O)C(=O)OC. The van der Waals surface area contributed by atoms with Crippen LogP contribution in [0.1, 0.15) is 97.8 Å². The van der Waals surface area contributed by atoms with Gasteiger partial charge in [-0.3, -0.25) is 14.4 Å². The zero-order chi connectivity index (χ0) is 21.6. The summed E-state index contributed by atoms with van der Waals surface area (Å²) in [6.07, 6.45) is 9.51. The van der Waals surface area contributed by atoms with Crippen molar-refractivity contribution >= 4 is 17.9 Å². The highest BCUT2D eigenvalue weighted by atomic mass is 16.5. The van der Waals surface area contributed by atoms with Gasteiger partial charge in [-0.1, -0.05) is 58.3 Å². The van der Waals surface area contributed by atoms with Crippen molar-refractivity contribution in [1.29, 1.82) is 0 Å². The molecule has 0 radical (unpaired) electrons. The summed E-state index contributed by atoms with van der Waals surface area (Å²) in [7, 11) is 2.72. The smallest absolute Gasteiger partial charge is 0.312 e. The molecule has 0 aromatic rings. The summed E-state index contributed by atoms with van der Waals surface area (Å²) >= 11 is 0. The lowest BCUT2D eigenvalue weighted by Crippen LogP contribution is -2.50. The number of hydrogen-bond acceptors (Lipinski definition) is 5. The molecule has 0 bridgehead atoms. The minimum absolute atomic E-state index is 0.159. The van der Waals surface area contributed by atoms with Gasteiger partial charge in [0, 0.05) is 6.42 Å². The molecule has 0 spiro atoms. The number of carboxylic acids is 1. The Hall–Kier alpha value is -1.59. The van der Waals surface area contributed by atoms with Crippen LogP contribution in [0.3, 0.4) is 0 Å². The second kappa shape index (κ2) is 13.6. The van der Waals surface area contributed by atoms with E-state index in [2.05, 4.69) is 6.92 Å². The molecule has 28 heavy (non-hydrogen) atoms. The Kier molecular flexibility index (Phi) is 12.8. The Labute approximate surface area is 170 Å². The Morgan fingerprint density at radius 1 is 0.714 bits per heavy atom. The Bertz CT molecular complexity index is 489. The van der Waals surface area contributed by atoms with Crippen LogP contribution in [0.15, 0.2) is 0 Å². The highest BCUT2D eigenvalue weighted by Crippen LogP contribution is 2.48. The predicted octanol–water partition coefficient (Wildman–Crippen LogP) is 5.13. The van der Waals surface area contributed by atoms with Crippen LogP contribution in [0.5, 0.6) is 0 Å². The average Bonchev–Trinajstić information content (AvgIpc) is 2.68. The third-order valence-electron chi connectivity index (χ3n) is 6.09. The van der Waals surface area contributed by atoms with Gasteiger partial charge >= 0.3 is 17.9 Å². The number of ether oxygens (including phenoxy) is 2. The molecular formula is C22H40O6. The first kappa shape index (κ1) is 26.4. The van der Waals surface area contributed by atoms with Gasteiger partial charge in [0.2, 0.25) is 0 Å². The molecule has 0 heterocycles. The van der Waals surface area contributed by atoms with Gasteiger partial charge in [-0.05, 0) is 33.1 Å². The number of aliphatic carboxylic acids is 1. The third kappa shape index (κ3) is 7.80. The molecular weight excluding hydrogens is 360 g/mol. The van der Waals surface area contributed by atoms with Gasteiger partial charge in [0.05, 0.1) is 25.0 Å². The van der Waals surface area contributed by atoms with Gasteiger partial charge < -0.3 is 14.6 Å². The van der Waals surface area contributed by atoms with Crippen LogP contribution in [-0.2, 0) is 23.9 Å². The van der Waals surface area contributed by atoms with E-state index in [1.807, 2.05) is 6.92 Å². The van der Waals surface area contributed by atoms with Crippen molar-refractivity contribution in [2.45, 2.75) is 97.8 Å². The number of rotatable bonds is 16. The number of unbranched alkanes of at least 4 members (excludes halogenated alkanes) is 7. The summed E-state index contributed by atoms with van der Waals surface area (Å²) in [6.45, 7) is 5.78. The molecule has 0 amide bonds. The second-order valence-electron chi connectivity index (χ2n) is 8.12. The molecule has 164 valence electrons. The van der Waals surface area contributed by atoms with Crippen LogP contribution in [0, 0.1) is 10.8 Å². The quantitative estimate of drug-likeness (QED) is 0.285. The van der Waals surface area contributed by atoms with Crippen molar-refractivity contribution in [3.8, 4) is 0 Å². The maximum Gasteiger partial charge on any atom is 0.312 e. The number of carbonyl (C=O) groups excluding carboxylic acids is 2. The van der Waals surface area contributed by atoms with Crippen LogP contribution in [0.2, 0.25) is 0 Å². The molecule has 6 nitrogen and oxygen atoms in total. The number of methoxy groups -OCH3 is 2. The summed E-state index contributed by atoms with van der Waals surface area (Å²) in [5.41, 5.74) is -1.94. The van der Waals surface area contributed by atoms with E-state index in [0.29, 0.717) is 19.3 Å². The molecule has 0 saturated heterocycles. The fourth-order valence-electron chi connectivity index (χ4n) is 3.85. The maximum absolute atomic E-state index is 12.7. The standard InChI is InChI=1S/C22H40O6/c1-6-7-8-10-13-16-21(2,19(25)27-4)22(3,20(26)28-5)17-14-11-9-12-15-18(23)24/h6-17H2,1-5H3,(H,23,24). The topological polar surface area (TPSA) is 89.9 Å². The number of esters is 2. The molecule has 0 aromatic carbocycles. The van der Waals surface area contributed by atoms with Crippen molar-refractivity contribution in [3.63, 3.8) is 0 Å². The Balaban J connectivity index is 5.16. The van der Waals surface area contributed by atoms with Gasteiger partial charge in [0.25, 0.3) is 0 Å². The van der Waals surface area contributed by atoms with E-state index < -0.39 is 16.8 Å². The van der Waals surface area contributed by atoms with E-state index in [1.165, 1.54) is 20.6 Å². The second-order valence-corrected chi connectivity index (χ2v) is 8.12. The van der Waals surface area contributed by atoms with Gasteiger partial charge in [0.1, 0.15) is 0 Å². The number of hydrogen-bond donors (Lipinski definition) is 1. The Morgan fingerprint density at radius 3 is 1.46 bits per heavy atom. The summed E-state index contributed by atoms with van der Waals surface area (Å²) in [5.74, 6) is -1.55. The Morgan fingerprint density at radius 2 is 1.11 bits per heavy atom. The zero-order valence-corrected chi connectivity index (χ0v) is 18.5. The molecule has 0 aliphatic heterocycles. The van der Waals surface area contributed by atoms with Crippen molar-refractivity contribution in [2.75, 3.05) is 14.2 Å². The van der Waals surface area contributed by atoms with Gasteiger partial charge in [-0.15, -0.1) is 0 Å². The molecule has 0 aromatic heterocycles. The number of carboxylic acid groups (broad SMARTS) is 1. The van der Waals surface area contributed by atoms with Crippen LogP contribution < -0.4 is 0 Å². The van der Waals surface area contributed by atoms with Crippen molar-refractivity contribution in [3.05, 3.63) is 0 Å². The minimum Gasteiger partial charge on any atom is -0.481 e. The van der Waals surface area contributed by atoms with Crippen molar-refractivity contribution in [2.24, 2.45) is 10.8 Å². The monoisotopic (exact) mass is 400 g/mol. The van der Waals surface area contributed by atoms with Gasteiger partial charge in [0.15, 0.2) is 0 Å². The molecule has 0 rings (SSSR count). The van der Waals surface area contributed by atoms with Crippen molar-refractivity contribution < 1.29 is 29.0 Å². The summed E-state index contributed by atoms with van der Waals surface area (Å²) in [6, 6.07) is 0. The lowest BCUT2D eigenvalue weighted by Gasteiger charge is -2.42. The maximum atomic E-state index is 12.7. The summed E-state index contributed by atoms with van der Waals surface area (Å²) < 4.78 is 10.2. The molecule has 2 atom stereocenters. The van der Waals surface area contributed by atoms with Crippen LogP contribution in [0.4, 0.5) is 0 Å². The van der Waals surface area contributed by atoms with E-state index in [9.17, 15) is 14.4 Å². The number of carbonyl (C=O) groups is 3. The molecule has 0 aliphatic carbocycles.